The van der Waals surface area contributed by atoms with Gasteiger partial charge in [-0.15, -0.1) is 0 Å². The Hall–Kier alpha value is -1.53. The van der Waals surface area contributed by atoms with Crippen LogP contribution in [0.5, 0.6) is 0 Å². The normalized spacial score (nSPS) is 24.7. The van der Waals surface area contributed by atoms with E-state index in [-0.39, 0.29) is 23.2 Å². The van der Waals surface area contributed by atoms with Crippen LogP contribution in [0.2, 0.25) is 0 Å². The second-order valence-corrected chi connectivity index (χ2v) is 8.81. The Morgan fingerprint density at radius 1 is 1.14 bits per heavy atom. The summed E-state index contributed by atoms with van der Waals surface area (Å²) in [6.45, 7) is 6.51. The summed E-state index contributed by atoms with van der Waals surface area (Å²) in [5, 5.41) is 10.2. The SMILES string of the molecule is CC(C)C[C@H](O)C(=O)N1CCC[C@@]2(CCCN2Cc2cc(F)ccc2F)CC1. The average molecular weight is 395 g/mol. The third-order valence-electron chi connectivity index (χ3n) is 6.32. The van der Waals surface area contributed by atoms with Crippen LogP contribution in [-0.2, 0) is 11.3 Å². The molecule has 2 saturated heterocycles. The number of aliphatic hydroxyl groups is 1. The molecule has 1 spiro atoms. The molecule has 28 heavy (non-hydrogen) atoms. The van der Waals surface area contributed by atoms with Crippen LogP contribution < -0.4 is 0 Å². The van der Waals surface area contributed by atoms with E-state index in [1.165, 1.54) is 12.1 Å². The minimum Gasteiger partial charge on any atom is -0.383 e. The molecule has 2 fully saturated rings. The first-order valence-corrected chi connectivity index (χ1v) is 10.5. The van der Waals surface area contributed by atoms with Crippen LogP contribution in [0.3, 0.4) is 0 Å². The van der Waals surface area contributed by atoms with E-state index in [0.29, 0.717) is 31.6 Å². The maximum atomic E-state index is 14.1. The van der Waals surface area contributed by atoms with E-state index < -0.39 is 11.9 Å². The summed E-state index contributed by atoms with van der Waals surface area (Å²) in [7, 11) is 0. The highest BCUT2D eigenvalue weighted by Crippen LogP contribution is 2.39. The monoisotopic (exact) mass is 394 g/mol. The molecule has 0 aliphatic carbocycles. The molecule has 0 aromatic heterocycles. The summed E-state index contributed by atoms with van der Waals surface area (Å²) in [4.78, 5) is 16.7. The first kappa shape index (κ1) is 21.2. The van der Waals surface area contributed by atoms with E-state index >= 15 is 0 Å². The van der Waals surface area contributed by atoms with Crippen LogP contribution >= 0.6 is 0 Å². The highest BCUT2D eigenvalue weighted by molar-refractivity contribution is 5.80. The Labute approximate surface area is 166 Å². The minimum atomic E-state index is -0.935. The zero-order valence-corrected chi connectivity index (χ0v) is 17.0. The van der Waals surface area contributed by atoms with Crippen LogP contribution in [0.25, 0.3) is 0 Å². The van der Waals surface area contributed by atoms with Crippen molar-refractivity contribution in [3.63, 3.8) is 0 Å². The van der Waals surface area contributed by atoms with Gasteiger partial charge in [0, 0.05) is 30.7 Å². The number of benzene rings is 1. The largest absolute Gasteiger partial charge is 0.383 e. The molecule has 2 aliphatic rings. The molecule has 0 bridgehead atoms. The summed E-state index contributed by atoms with van der Waals surface area (Å²) in [5.74, 6) is -0.692. The van der Waals surface area contributed by atoms with Crippen molar-refractivity contribution in [3.05, 3.63) is 35.4 Å². The van der Waals surface area contributed by atoms with Gasteiger partial charge in [0.15, 0.2) is 0 Å². The zero-order chi connectivity index (χ0) is 20.3. The van der Waals surface area contributed by atoms with Gasteiger partial charge in [-0.25, -0.2) is 8.78 Å². The quantitative estimate of drug-likeness (QED) is 0.828. The summed E-state index contributed by atoms with van der Waals surface area (Å²) in [6, 6.07) is 3.63. The molecule has 1 N–H and O–H groups in total. The van der Waals surface area contributed by atoms with E-state index in [0.717, 1.165) is 44.7 Å². The van der Waals surface area contributed by atoms with Crippen LogP contribution in [0.1, 0.15) is 57.9 Å². The minimum absolute atomic E-state index is 0.0726. The van der Waals surface area contributed by atoms with Gasteiger partial charge in [-0.1, -0.05) is 13.8 Å². The predicted octanol–water partition coefficient (Wildman–Crippen LogP) is 3.72. The number of nitrogens with zero attached hydrogens (tertiary/aromatic N) is 2. The number of halogens is 2. The van der Waals surface area contributed by atoms with Gasteiger partial charge in [-0.2, -0.15) is 0 Å². The van der Waals surface area contributed by atoms with Crippen molar-refractivity contribution < 1.29 is 18.7 Å². The summed E-state index contributed by atoms with van der Waals surface area (Å²) in [6.07, 6.45) is 4.20. The fourth-order valence-electron chi connectivity index (χ4n) is 4.83. The third kappa shape index (κ3) is 4.71. The fraction of sp³-hybridized carbons (Fsp3) is 0.682. The Balaban J connectivity index is 1.68. The second-order valence-electron chi connectivity index (χ2n) is 8.81. The van der Waals surface area contributed by atoms with Gasteiger partial charge < -0.3 is 10.0 Å². The lowest BCUT2D eigenvalue weighted by molar-refractivity contribution is -0.141. The van der Waals surface area contributed by atoms with Gasteiger partial charge in [-0.05, 0) is 69.2 Å². The highest BCUT2D eigenvalue weighted by Gasteiger charge is 2.42. The molecular weight excluding hydrogens is 362 g/mol. The molecule has 156 valence electrons. The van der Waals surface area contributed by atoms with E-state index in [1.807, 2.05) is 13.8 Å². The van der Waals surface area contributed by atoms with Crippen molar-refractivity contribution in [1.29, 1.82) is 0 Å². The van der Waals surface area contributed by atoms with Gasteiger partial charge in [0.25, 0.3) is 5.91 Å². The molecule has 1 amide bonds. The van der Waals surface area contributed by atoms with E-state index in [9.17, 15) is 18.7 Å². The molecule has 4 nitrogen and oxygen atoms in total. The van der Waals surface area contributed by atoms with E-state index in [2.05, 4.69) is 4.90 Å². The highest BCUT2D eigenvalue weighted by atomic mass is 19.1. The molecule has 1 aromatic carbocycles. The number of aliphatic hydroxyl groups excluding tert-OH is 1. The molecule has 1 aromatic rings. The molecule has 0 radical (unpaired) electrons. The Bertz CT molecular complexity index is 697. The lowest BCUT2D eigenvalue weighted by Gasteiger charge is -2.38. The Morgan fingerprint density at radius 3 is 2.57 bits per heavy atom. The van der Waals surface area contributed by atoms with Gasteiger partial charge in [-0.3, -0.25) is 9.69 Å². The van der Waals surface area contributed by atoms with Crippen LogP contribution in [-0.4, -0.2) is 52.1 Å². The van der Waals surface area contributed by atoms with Crippen molar-refractivity contribution in [3.8, 4) is 0 Å². The van der Waals surface area contributed by atoms with Gasteiger partial charge in [0.2, 0.25) is 0 Å². The fourth-order valence-corrected chi connectivity index (χ4v) is 4.83. The number of rotatable bonds is 5. The molecule has 2 heterocycles. The van der Waals surface area contributed by atoms with Gasteiger partial charge in [0.05, 0.1) is 0 Å². The van der Waals surface area contributed by atoms with Crippen LogP contribution in [0.15, 0.2) is 18.2 Å². The maximum absolute atomic E-state index is 14.1. The summed E-state index contributed by atoms with van der Waals surface area (Å²) >= 11 is 0. The van der Waals surface area contributed by atoms with Crippen molar-refractivity contribution in [2.24, 2.45) is 5.92 Å². The summed E-state index contributed by atoms with van der Waals surface area (Å²) < 4.78 is 27.7. The lowest BCUT2D eigenvalue weighted by Crippen LogP contribution is -2.45. The number of hydrogen-bond acceptors (Lipinski definition) is 3. The van der Waals surface area contributed by atoms with Crippen molar-refractivity contribution in [2.45, 2.75) is 70.6 Å². The predicted molar refractivity (Wildman–Crippen MR) is 105 cm³/mol. The molecule has 0 saturated carbocycles. The standard InChI is InChI=1S/C22H32F2N2O2/c1-16(2)13-20(27)21(28)25-10-3-7-22(9-12-25)8-4-11-26(22)15-17-14-18(23)5-6-19(17)24/h5-6,14,16,20,27H,3-4,7-13,15H2,1-2H3/t20-,22+/m0/s1. The van der Waals surface area contributed by atoms with Crippen LogP contribution in [0, 0.1) is 17.6 Å². The molecule has 0 unspecified atom stereocenters. The lowest BCUT2D eigenvalue weighted by atomic mass is 9.87. The number of amides is 1. The molecule has 2 atom stereocenters. The first-order valence-electron chi connectivity index (χ1n) is 10.5. The number of carbonyl (C=O) groups excluding carboxylic acids is 1. The smallest absolute Gasteiger partial charge is 0.251 e. The third-order valence-corrected chi connectivity index (χ3v) is 6.32. The first-order chi connectivity index (χ1) is 13.3. The van der Waals surface area contributed by atoms with E-state index in [1.54, 1.807) is 4.90 Å². The number of carbonyl (C=O) groups is 1. The zero-order valence-electron chi connectivity index (χ0n) is 17.0. The molecule has 3 rings (SSSR count). The second kappa shape index (κ2) is 8.87. The van der Waals surface area contributed by atoms with Crippen molar-refractivity contribution in [1.82, 2.24) is 9.80 Å². The topological polar surface area (TPSA) is 43.8 Å². The van der Waals surface area contributed by atoms with Crippen molar-refractivity contribution >= 4 is 5.91 Å². The molecule has 6 heteroatoms. The molecule has 2 aliphatic heterocycles. The van der Waals surface area contributed by atoms with Crippen LogP contribution in [0.4, 0.5) is 8.78 Å². The number of hydrogen-bond donors (Lipinski definition) is 1. The Morgan fingerprint density at radius 2 is 1.86 bits per heavy atom. The average Bonchev–Trinajstić information content (AvgIpc) is 2.88. The number of likely N-dealkylation sites (tertiary alicyclic amines) is 2. The van der Waals surface area contributed by atoms with Gasteiger partial charge >= 0.3 is 0 Å². The Kier molecular flexibility index (Phi) is 6.71. The van der Waals surface area contributed by atoms with Gasteiger partial charge in [0.1, 0.15) is 17.7 Å². The van der Waals surface area contributed by atoms with E-state index in [4.69, 9.17) is 0 Å². The maximum Gasteiger partial charge on any atom is 0.251 e. The molecular formula is C22H32F2N2O2. The summed E-state index contributed by atoms with van der Waals surface area (Å²) in [5.41, 5.74) is 0.322. The van der Waals surface area contributed by atoms with Crippen molar-refractivity contribution in [2.75, 3.05) is 19.6 Å².